The fourth-order valence-electron chi connectivity index (χ4n) is 2.69. The van der Waals surface area contributed by atoms with Gasteiger partial charge in [-0.15, -0.1) is 0 Å². The highest BCUT2D eigenvalue weighted by atomic mass is 79.9. The Hall–Kier alpha value is -2.84. The van der Waals surface area contributed by atoms with Crippen LogP contribution < -0.4 is 10.1 Å². The number of thioether (sulfide) groups is 1. The molecule has 0 unspecified atom stereocenters. The number of amides is 2. The molecule has 1 fully saturated rings. The highest BCUT2D eigenvalue weighted by Crippen LogP contribution is 2.35. The number of ether oxygens (including phenoxy) is 1. The minimum Gasteiger partial charge on any atom is -0.438 e. The van der Waals surface area contributed by atoms with Crippen molar-refractivity contribution in [2.24, 2.45) is 0 Å². The average Bonchev–Trinajstić information content (AvgIpc) is 3.17. The summed E-state index contributed by atoms with van der Waals surface area (Å²) in [6.07, 6.45) is 1.64. The van der Waals surface area contributed by atoms with Gasteiger partial charge < -0.3 is 4.74 Å². The van der Waals surface area contributed by atoms with Gasteiger partial charge in [0, 0.05) is 4.47 Å². The highest BCUT2D eigenvalue weighted by Gasteiger charge is 2.27. The quantitative estimate of drug-likeness (QED) is 0.556. The van der Waals surface area contributed by atoms with Gasteiger partial charge in [-0.05, 0) is 61.2 Å². The molecule has 8 heteroatoms. The molecule has 1 aliphatic heterocycles. The van der Waals surface area contributed by atoms with Crippen LogP contribution in [0.5, 0.6) is 11.6 Å². The normalized spacial score (nSPS) is 15.1. The first-order valence-electron chi connectivity index (χ1n) is 8.34. The van der Waals surface area contributed by atoms with Crippen molar-refractivity contribution >= 4 is 44.9 Å². The summed E-state index contributed by atoms with van der Waals surface area (Å²) in [5.41, 5.74) is 2.14. The number of halogens is 1. The summed E-state index contributed by atoms with van der Waals surface area (Å²) >= 11 is 4.27. The number of imide groups is 1. The molecule has 0 aliphatic carbocycles. The number of aromatic nitrogens is 2. The second kappa shape index (κ2) is 7.65. The van der Waals surface area contributed by atoms with Gasteiger partial charge in [0.1, 0.15) is 5.75 Å². The van der Waals surface area contributed by atoms with Crippen LogP contribution in [0.25, 0.3) is 11.8 Å². The summed E-state index contributed by atoms with van der Waals surface area (Å²) < 4.78 is 8.77. The van der Waals surface area contributed by atoms with E-state index in [1.54, 1.807) is 10.8 Å². The maximum atomic E-state index is 12.0. The van der Waals surface area contributed by atoms with E-state index in [0.29, 0.717) is 27.8 Å². The topological polar surface area (TPSA) is 73.2 Å². The lowest BCUT2D eigenvalue weighted by Crippen LogP contribution is -2.17. The molecule has 140 valence electrons. The second-order valence-electron chi connectivity index (χ2n) is 5.96. The first kappa shape index (κ1) is 18.5. The number of carbonyl (C=O) groups is 2. The minimum absolute atomic E-state index is 0.307. The van der Waals surface area contributed by atoms with E-state index in [4.69, 9.17) is 4.74 Å². The molecule has 1 aliphatic rings. The molecular weight excluding hydrogens is 442 g/mol. The van der Waals surface area contributed by atoms with Gasteiger partial charge in [-0.2, -0.15) is 9.78 Å². The van der Waals surface area contributed by atoms with Gasteiger partial charge in [-0.3, -0.25) is 14.9 Å². The summed E-state index contributed by atoms with van der Waals surface area (Å²) in [5, 5.41) is 6.47. The minimum atomic E-state index is -0.420. The molecule has 6 nitrogen and oxygen atoms in total. The Morgan fingerprint density at radius 1 is 1.11 bits per heavy atom. The van der Waals surface area contributed by atoms with Gasteiger partial charge in [0.25, 0.3) is 11.1 Å². The smallest absolute Gasteiger partial charge is 0.290 e. The molecule has 2 aromatic carbocycles. The van der Waals surface area contributed by atoms with Crippen molar-refractivity contribution in [3.63, 3.8) is 0 Å². The van der Waals surface area contributed by atoms with Crippen LogP contribution in [-0.4, -0.2) is 20.9 Å². The van der Waals surface area contributed by atoms with Crippen molar-refractivity contribution in [1.29, 1.82) is 0 Å². The van der Waals surface area contributed by atoms with E-state index in [0.717, 1.165) is 21.9 Å². The third-order valence-corrected chi connectivity index (χ3v) is 5.35. The lowest BCUT2D eigenvalue weighted by atomic mass is 10.2. The van der Waals surface area contributed by atoms with Crippen LogP contribution in [0.1, 0.15) is 11.3 Å². The third kappa shape index (κ3) is 3.74. The molecular formula is C20H14BrN3O3S. The van der Waals surface area contributed by atoms with E-state index < -0.39 is 5.91 Å². The van der Waals surface area contributed by atoms with Crippen LogP contribution in [0, 0.1) is 6.92 Å². The number of nitrogens with zero attached hydrogens (tertiary/aromatic N) is 2. The fraction of sp³-hybridized carbons (Fsp3) is 0.0500. The van der Waals surface area contributed by atoms with E-state index >= 15 is 0 Å². The SMILES string of the molecule is Cc1nn(-c2ccccc2)c(Oc2ccc(Br)cc2)c1C=C1SC(=O)NC1=O. The predicted molar refractivity (Wildman–Crippen MR) is 112 cm³/mol. The molecule has 1 aromatic heterocycles. The van der Waals surface area contributed by atoms with Crippen molar-refractivity contribution in [3.05, 3.63) is 75.2 Å². The van der Waals surface area contributed by atoms with Crippen LogP contribution in [0.4, 0.5) is 4.79 Å². The first-order valence-corrected chi connectivity index (χ1v) is 9.95. The molecule has 1 N–H and O–H groups in total. The molecule has 0 radical (unpaired) electrons. The van der Waals surface area contributed by atoms with E-state index in [1.165, 1.54) is 0 Å². The zero-order valence-corrected chi connectivity index (χ0v) is 17.1. The number of para-hydroxylation sites is 1. The number of carbonyl (C=O) groups excluding carboxylic acids is 2. The van der Waals surface area contributed by atoms with E-state index in [1.807, 2.05) is 61.5 Å². The molecule has 0 bridgehead atoms. The van der Waals surface area contributed by atoms with Crippen LogP contribution in [-0.2, 0) is 4.79 Å². The van der Waals surface area contributed by atoms with Gasteiger partial charge in [0.05, 0.1) is 21.8 Å². The fourth-order valence-corrected chi connectivity index (χ4v) is 3.62. The van der Waals surface area contributed by atoms with Gasteiger partial charge in [0.15, 0.2) is 0 Å². The number of benzene rings is 2. The summed E-state index contributed by atoms with van der Waals surface area (Å²) in [5.74, 6) is 0.669. The monoisotopic (exact) mass is 455 g/mol. The number of hydrogen-bond donors (Lipinski definition) is 1. The maximum Gasteiger partial charge on any atom is 0.290 e. The molecule has 3 aromatic rings. The molecule has 2 heterocycles. The van der Waals surface area contributed by atoms with Crippen molar-refractivity contribution < 1.29 is 14.3 Å². The van der Waals surface area contributed by atoms with Crippen LogP contribution in [0.2, 0.25) is 0 Å². The van der Waals surface area contributed by atoms with Crippen LogP contribution >= 0.6 is 27.7 Å². The van der Waals surface area contributed by atoms with E-state index in [2.05, 4.69) is 26.3 Å². The number of nitrogens with one attached hydrogen (secondary N) is 1. The third-order valence-electron chi connectivity index (χ3n) is 4.01. The Labute approximate surface area is 173 Å². The summed E-state index contributed by atoms with van der Waals surface area (Å²) in [7, 11) is 0. The molecule has 2 amide bonds. The Morgan fingerprint density at radius 2 is 1.82 bits per heavy atom. The lowest BCUT2D eigenvalue weighted by molar-refractivity contribution is -0.115. The number of rotatable bonds is 4. The zero-order chi connectivity index (χ0) is 19.7. The van der Waals surface area contributed by atoms with Crippen LogP contribution in [0.15, 0.2) is 64.0 Å². The standard InChI is InChI=1S/C20H14BrN3O3S/c1-12-16(11-17-18(25)22-20(26)28-17)19(27-15-9-7-13(21)8-10-15)24(23-12)14-5-3-2-4-6-14/h2-11H,1H3,(H,22,25,26). The molecule has 1 saturated heterocycles. The van der Waals surface area contributed by atoms with Crippen molar-refractivity contribution in [3.8, 4) is 17.3 Å². The second-order valence-corrected chi connectivity index (χ2v) is 7.89. The molecule has 4 rings (SSSR count). The van der Waals surface area contributed by atoms with Gasteiger partial charge in [-0.25, -0.2) is 0 Å². The Kier molecular flexibility index (Phi) is 5.06. The van der Waals surface area contributed by atoms with Gasteiger partial charge >= 0.3 is 0 Å². The largest absolute Gasteiger partial charge is 0.438 e. The Morgan fingerprint density at radius 3 is 2.46 bits per heavy atom. The highest BCUT2D eigenvalue weighted by molar-refractivity contribution is 9.10. The Balaban J connectivity index is 1.84. The van der Waals surface area contributed by atoms with Crippen molar-refractivity contribution in [2.75, 3.05) is 0 Å². The average molecular weight is 456 g/mol. The summed E-state index contributed by atoms with van der Waals surface area (Å²) in [6.45, 7) is 1.83. The summed E-state index contributed by atoms with van der Waals surface area (Å²) in [6, 6.07) is 17.0. The molecule has 0 atom stereocenters. The number of aryl methyl sites for hydroxylation is 1. The van der Waals surface area contributed by atoms with Gasteiger partial charge in [-0.1, -0.05) is 34.1 Å². The molecule has 0 spiro atoms. The predicted octanol–water partition coefficient (Wildman–Crippen LogP) is 5.06. The molecule has 28 heavy (non-hydrogen) atoms. The lowest BCUT2D eigenvalue weighted by Gasteiger charge is -2.10. The number of hydrogen-bond acceptors (Lipinski definition) is 5. The van der Waals surface area contributed by atoms with E-state index in [9.17, 15) is 9.59 Å². The summed E-state index contributed by atoms with van der Waals surface area (Å²) in [4.78, 5) is 23.8. The van der Waals surface area contributed by atoms with E-state index in [-0.39, 0.29) is 5.24 Å². The van der Waals surface area contributed by atoms with Crippen molar-refractivity contribution in [1.82, 2.24) is 15.1 Å². The zero-order valence-electron chi connectivity index (χ0n) is 14.7. The first-order chi connectivity index (χ1) is 13.5. The van der Waals surface area contributed by atoms with Gasteiger partial charge in [0.2, 0.25) is 5.88 Å². The maximum absolute atomic E-state index is 12.0. The van der Waals surface area contributed by atoms with Crippen LogP contribution in [0.3, 0.4) is 0 Å². The molecule has 0 saturated carbocycles. The van der Waals surface area contributed by atoms with Crippen molar-refractivity contribution in [2.45, 2.75) is 6.92 Å². The Bertz CT molecular complexity index is 1090.